The molecule has 29 heavy (non-hydrogen) atoms. The zero-order valence-corrected chi connectivity index (χ0v) is 17.8. The molecule has 4 rings (SSSR count). The minimum atomic E-state index is 0.194. The van der Waals surface area contributed by atoms with Gasteiger partial charge < -0.3 is 11.1 Å². The Morgan fingerprint density at radius 1 is 1.03 bits per heavy atom. The number of halogens is 2. The number of anilines is 3. The van der Waals surface area contributed by atoms with Crippen LogP contribution in [-0.4, -0.2) is 34.5 Å². The van der Waals surface area contributed by atoms with Crippen molar-refractivity contribution in [2.75, 3.05) is 11.1 Å². The summed E-state index contributed by atoms with van der Waals surface area (Å²) in [6.07, 6.45) is 0. The van der Waals surface area contributed by atoms with E-state index < -0.39 is 0 Å². The molecule has 0 atom stereocenters. The zero-order chi connectivity index (χ0) is 20.9. The molecule has 3 N–H and O–H groups in total. The fourth-order valence-corrected chi connectivity index (χ4v) is 3.70. The normalized spacial score (nSPS) is 11.6. The predicted octanol–water partition coefficient (Wildman–Crippen LogP) is 4.01. The largest absolute Gasteiger partial charge is 0.368 e. The lowest BCUT2D eigenvalue weighted by molar-refractivity contribution is 0.767. The molecule has 150 valence electrons. The Bertz CT molecular complexity index is 1210. The van der Waals surface area contributed by atoms with Crippen LogP contribution in [0.1, 0.15) is 31.0 Å². The number of pyridine rings is 2. The van der Waals surface area contributed by atoms with Crippen molar-refractivity contribution in [2.45, 2.75) is 26.7 Å². The number of hydrogen-bond donors (Lipinski definition) is 2. The highest BCUT2D eigenvalue weighted by Crippen LogP contribution is 2.29. The SMILES string of the molecule is Cc1nn(C)c2nc(-n3nc(Nc4cc(Cl)nc(Cl)c4)nc3N)cc(C(C)C)c12. The first-order valence-electron chi connectivity index (χ1n) is 8.90. The van der Waals surface area contributed by atoms with Gasteiger partial charge in [0.15, 0.2) is 11.5 Å². The maximum atomic E-state index is 6.12. The quantitative estimate of drug-likeness (QED) is 0.469. The molecule has 4 aromatic rings. The highest BCUT2D eigenvalue weighted by atomic mass is 35.5. The Labute approximate surface area is 176 Å². The van der Waals surface area contributed by atoms with E-state index >= 15 is 0 Å². The van der Waals surface area contributed by atoms with E-state index in [1.807, 2.05) is 20.0 Å². The van der Waals surface area contributed by atoms with Gasteiger partial charge in [-0.05, 0) is 36.6 Å². The maximum absolute atomic E-state index is 6.12. The topological polar surface area (TPSA) is 112 Å². The second kappa shape index (κ2) is 7.16. The highest BCUT2D eigenvalue weighted by Gasteiger charge is 2.19. The number of hydrogen-bond acceptors (Lipinski definition) is 7. The molecule has 0 bridgehead atoms. The van der Waals surface area contributed by atoms with Crippen LogP contribution >= 0.6 is 23.2 Å². The summed E-state index contributed by atoms with van der Waals surface area (Å²) >= 11 is 11.9. The summed E-state index contributed by atoms with van der Waals surface area (Å²) < 4.78 is 3.24. The number of fused-ring (bicyclic) bond motifs is 1. The summed E-state index contributed by atoms with van der Waals surface area (Å²) in [7, 11) is 1.87. The summed E-state index contributed by atoms with van der Waals surface area (Å²) in [5.74, 6) is 1.31. The van der Waals surface area contributed by atoms with E-state index in [1.165, 1.54) is 4.68 Å². The average Bonchev–Trinajstić information content (AvgIpc) is 3.12. The van der Waals surface area contributed by atoms with Crippen LogP contribution in [-0.2, 0) is 7.05 Å². The van der Waals surface area contributed by atoms with Gasteiger partial charge in [0.25, 0.3) is 0 Å². The van der Waals surface area contributed by atoms with Crippen LogP contribution in [0.5, 0.6) is 0 Å². The van der Waals surface area contributed by atoms with Crippen LogP contribution in [0.3, 0.4) is 0 Å². The molecule has 0 aliphatic heterocycles. The van der Waals surface area contributed by atoms with Crippen LogP contribution in [0.4, 0.5) is 17.6 Å². The molecule has 9 nitrogen and oxygen atoms in total. The molecule has 0 fully saturated rings. The fourth-order valence-electron chi connectivity index (χ4n) is 3.24. The van der Waals surface area contributed by atoms with E-state index in [4.69, 9.17) is 33.9 Å². The lowest BCUT2D eigenvalue weighted by Gasteiger charge is -2.11. The number of aromatic nitrogens is 7. The zero-order valence-electron chi connectivity index (χ0n) is 16.3. The predicted molar refractivity (Wildman–Crippen MR) is 114 cm³/mol. The first kappa shape index (κ1) is 19.4. The van der Waals surface area contributed by atoms with Crippen molar-refractivity contribution in [1.29, 1.82) is 0 Å². The van der Waals surface area contributed by atoms with Crippen LogP contribution in [0.15, 0.2) is 18.2 Å². The Morgan fingerprint density at radius 3 is 2.38 bits per heavy atom. The number of nitrogens with two attached hydrogens (primary N) is 1. The monoisotopic (exact) mass is 431 g/mol. The molecule has 0 radical (unpaired) electrons. The number of aryl methyl sites for hydroxylation is 2. The third-order valence-electron chi connectivity index (χ3n) is 4.48. The fraction of sp³-hybridized carbons (Fsp3) is 0.278. The number of rotatable bonds is 4. The molecule has 0 aliphatic carbocycles. The molecule has 0 saturated heterocycles. The van der Waals surface area contributed by atoms with Crippen molar-refractivity contribution in [3.63, 3.8) is 0 Å². The minimum absolute atomic E-state index is 0.194. The summed E-state index contributed by atoms with van der Waals surface area (Å²) in [5, 5.41) is 13.5. The molecular formula is C18H19Cl2N9. The van der Waals surface area contributed by atoms with Gasteiger partial charge in [0.2, 0.25) is 11.9 Å². The first-order chi connectivity index (χ1) is 13.7. The van der Waals surface area contributed by atoms with Crippen LogP contribution in [0, 0.1) is 6.92 Å². The molecule has 0 unspecified atom stereocenters. The van der Waals surface area contributed by atoms with E-state index in [1.54, 1.807) is 16.8 Å². The van der Waals surface area contributed by atoms with Gasteiger partial charge in [-0.25, -0.2) is 9.97 Å². The molecule has 4 aromatic heterocycles. The highest BCUT2D eigenvalue weighted by molar-refractivity contribution is 6.32. The number of nitrogen functional groups attached to an aromatic ring is 1. The van der Waals surface area contributed by atoms with Gasteiger partial charge in [-0.15, -0.1) is 5.10 Å². The molecule has 0 spiro atoms. The molecule has 0 saturated carbocycles. The number of nitrogens with one attached hydrogen (secondary N) is 1. The summed E-state index contributed by atoms with van der Waals surface area (Å²) in [6.45, 7) is 6.23. The third kappa shape index (κ3) is 3.58. The lowest BCUT2D eigenvalue weighted by atomic mass is 10.00. The second-order valence-electron chi connectivity index (χ2n) is 6.96. The molecule has 0 aliphatic rings. The second-order valence-corrected chi connectivity index (χ2v) is 7.74. The van der Waals surface area contributed by atoms with Crippen molar-refractivity contribution >= 4 is 51.8 Å². The van der Waals surface area contributed by atoms with E-state index in [-0.39, 0.29) is 28.1 Å². The van der Waals surface area contributed by atoms with Gasteiger partial charge in [0, 0.05) is 18.1 Å². The summed E-state index contributed by atoms with van der Waals surface area (Å²) in [6, 6.07) is 5.20. The molecule has 11 heteroatoms. The van der Waals surface area contributed by atoms with Gasteiger partial charge in [0.05, 0.1) is 5.69 Å². The summed E-state index contributed by atoms with van der Waals surface area (Å²) in [5.41, 5.74) is 9.54. The van der Waals surface area contributed by atoms with Crippen LogP contribution in [0.2, 0.25) is 10.3 Å². The Kier molecular flexibility index (Phi) is 4.79. The van der Waals surface area contributed by atoms with Gasteiger partial charge in [-0.1, -0.05) is 37.0 Å². The van der Waals surface area contributed by atoms with E-state index in [2.05, 4.69) is 39.3 Å². The van der Waals surface area contributed by atoms with Gasteiger partial charge in [-0.2, -0.15) is 14.8 Å². The Balaban J connectivity index is 1.79. The molecular weight excluding hydrogens is 413 g/mol. The molecule has 0 amide bonds. The van der Waals surface area contributed by atoms with Crippen molar-refractivity contribution in [3.8, 4) is 5.82 Å². The number of nitrogens with zero attached hydrogens (tertiary/aromatic N) is 7. The lowest BCUT2D eigenvalue weighted by Crippen LogP contribution is -2.07. The maximum Gasteiger partial charge on any atom is 0.248 e. The Hall–Kier alpha value is -2.91. The average molecular weight is 432 g/mol. The molecule has 0 aromatic carbocycles. The standard InChI is InChI=1S/C18H19Cl2N9/c1-8(2)11-7-14(24-16-15(11)9(3)26-28(16)4)29-17(21)25-18(27-29)22-10-5-12(19)23-13(20)6-10/h5-8H,1-4H3,(H3,21,22,23,25,27). The van der Waals surface area contributed by atoms with Crippen molar-refractivity contribution in [1.82, 2.24) is 34.5 Å². The van der Waals surface area contributed by atoms with Crippen molar-refractivity contribution in [2.24, 2.45) is 7.05 Å². The van der Waals surface area contributed by atoms with E-state index in [0.717, 1.165) is 22.3 Å². The first-order valence-corrected chi connectivity index (χ1v) is 9.65. The van der Waals surface area contributed by atoms with Crippen molar-refractivity contribution < 1.29 is 0 Å². The minimum Gasteiger partial charge on any atom is -0.368 e. The smallest absolute Gasteiger partial charge is 0.248 e. The van der Waals surface area contributed by atoms with Gasteiger partial charge in [-0.3, -0.25) is 4.68 Å². The van der Waals surface area contributed by atoms with Crippen LogP contribution < -0.4 is 11.1 Å². The Morgan fingerprint density at radius 2 is 1.72 bits per heavy atom. The third-order valence-corrected chi connectivity index (χ3v) is 4.86. The van der Waals surface area contributed by atoms with E-state index in [0.29, 0.717) is 11.5 Å². The molecule has 4 heterocycles. The van der Waals surface area contributed by atoms with E-state index in [9.17, 15) is 0 Å². The van der Waals surface area contributed by atoms with Gasteiger partial charge in [0.1, 0.15) is 10.3 Å². The summed E-state index contributed by atoms with van der Waals surface area (Å²) in [4.78, 5) is 12.9. The van der Waals surface area contributed by atoms with Crippen molar-refractivity contribution in [3.05, 3.63) is 39.8 Å². The van der Waals surface area contributed by atoms with Crippen LogP contribution in [0.25, 0.3) is 16.9 Å². The van der Waals surface area contributed by atoms with Gasteiger partial charge >= 0.3 is 0 Å².